The summed E-state index contributed by atoms with van der Waals surface area (Å²) in [6, 6.07) is 16.3. The third-order valence-electron chi connectivity index (χ3n) is 3.17. The quantitative estimate of drug-likeness (QED) is 0.824. The lowest BCUT2D eigenvalue weighted by molar-refractivity contribution is 0.305. The van der Waals surface area contributed by atoms with Gasteiger partial charge in [-0.25, -0.2) is 0 Å². The minimum atomic E-state index is 0.455. The Balaban J connectivity index is 2.12. The van der Waals surface area contributed by atoms with Crippen LogP contribution in [0.15, 0.2) is 42.5 Å². The lowest BCUT2D eigenvalue weighted by atomic mass is 10.0. The van der Waals surface area contributed by atoms with E-state index in [4.69, 9.17) is 10.00 Å². The molecule has 19 heavy (non-hydrogen) atoms. The topological polar surface area (TPSA) is 33.0 Å². The molecule has 0 saturated heterocycles. The van der Waals surface area contributed by atoms with Crippen LogP contribution in [0.5, 0.6) is 5.75 Å². The Morgan fingerprint density at radius 1 is 1.05 bits per heavy atom. The largest absolute Gasteiger partial charge is 0.489 e. The number of rotatable bonds is 4. The van der Waals surface area contributed by atoms with Crippen LogP contribution in [-0.2, 0) is 13.0 Å². The molecule has 0 radical (unpaired) electrons. The summed E-state index contributed by atoms with van der Waals surface area (Å²) in [4.78, 5) is 0. The van der Waals surface area contributed by atoms with Gasteiger partial charge < -0.3 is 4.74 Å². The highest BCUT2D eigenvalue weighted by Gasteiger charge is 2.05. The minimum absolute atomic E-state index is 0.455. The van der Waals surface area contributed by atoms with Gasteiger partial charge in [0.15, 0.2) is 0 Å². The van der Waals surface area contributed by atoms with E-state index < -0.39 is 0 Å². The smallest absolute Gasteiger partial charge is 0.120 e. The Labute approximate surface area is 114 Å². The van der Waals surface area contributed by atoms with E-state index in [2.05, 4.69) is 6.07 Å². The predicted octanol–water partition coefficient (Wildman–Crippen LogP) is 3.95. The molecule has 0 spiro atoms. The minimum Gasteiger partial charge on any atom is -0.489 e. The van der Waals surface area contributed by atoms with Gasteiger partial charge in [-0.3, -0.25) is 0 Å². The summed E-state index contributed by atoms with van der Waals surface area (Å²) in [7, 11) is 0. The van der Waals surface area contributed by atoms with Crippen LogP contribution in [0.1, 0.15) is 22.3 Å². The molecule has 2 nitrogen and oxygen atoms in total. The highest BCUT2D eigenvalue weighted by atomic mass is 16.5. The first-order chi connectivity index (χ1) is 9.20. The molecule has 2 rings (SSSR count). The number of aryl methyl sites for hydroxylation is 2. The van der Waals surface area contributed by atoms with E-state index in [9.17, 15) is 0 Å². The van der Waals surface area contributed by atoms with Gasteiger partial charge in [-0.2, -0.15) is 5.26 Å². The van der Waals surface area contributed by atoms with Crippen molar-refractivity contribution < 1.29 is 4.74 Å². The molecular weight excluding hydrogens is 234 g/mol. The molecule has 2 heteroatoms. The van der Waals surface area contributed by atoms with Gasteiger partial charge in [0.2, 0.25) is 0 Å². The van der Waals surface area contributed by atoms with Gasteiger partial charge in [0.1, 0.15) is 12.4 Å². The number of nitrogens with zero attached hydrogens (tertiary/aromatic N) is 1. The number of hydrogen-bond donors (Lipinski definition) is 0. The zero-order chi connectivity index (χ0) is 13.7. The van der Waals surface area contributed by atoms with Crippen molar-refractivity contribution in [2.45, 2.75) is 26.9 Å². The average molecular weight is 251 g/mol. The normalized spacial score (nSPS) is 9.95. The number of hydrogen-bond acceptors (Lipinski definition) is 2. The van der Waals surface area contributed by atoms with Gasteiger partial charge in [0.25, 0.3) is 0 Å². The van der Waals surface area contributed by atoms with E-state index in [0.29, 0.717) is 13.0 Å². The summed E-state index contributed by atoms with van der Waals surface area (Å²) < 4.78 is 5.80. The summed E-state index contributed by atoms with van der Waals surface area (Å²) in [6.45, 7) is 4.61. The van der Waals surface area contributed by atoms with Crippen LogP contribution < -0.4 is 4.74 Å². The van der Waals surface area contributed by atoms with Crippen LogP contribution in [0.25, 0.3) is 0 Å². The van der Waals surface area contributed by atoms with Crippen molar-refractivity contribution in [1.29, 1.82) is 5.26 Å². The second-order valence-electron chi connectivity index (χ2n) is 4.64. The van der Waals surface area contributed by atoms with Crippen molar-refractivity contribution in [2.24, 2.45) is 0 Å². The van der Waals surface area contributed by atoms with E-state index >= 15 is 0 Å². The van der Waals surface area contributed by atoms with Gasteiger partial charge in [-0.1, -0.05) is 30.3 Å². The second-order valence-corrected chi connectivity index (χ2v) is 4.64. The molecule has 0 unspecified atom stereocenters. The SMILES string of the molecule is Cc1cc(OCc2ccccc2)cc(C)c1CC#N. The molecule has 96 valence electrons. The molecule has 0 bridgehead atoms. The van der Waals surface area contributed by atoms with Gasteiger partial charge in [-0.15, -0.1) is 0 Å². The van der Waals surface area contributed by atoms with Crippen molar-refractivity contribution in [3.05, 3.63) is 64.7 Å². The maximum Gasteiger partial charge on any atom is 0.120 e. The first-order valence-electron chi connectivity index (χ1n) is 6.34. The monoisotopic (exact) mass is 251 g/mol. The average Bonchev–Trinajstić information content (AvgIpc) is 2.42. The third-order valence-corrected chi connectivity index (χ3v) is 3.17. The molecule has 0 atom stereocenters. The van der Waals surface area contributed by atoms with Crippen molar-refractivity contribution in [3.8, 4) is 11.8 Å². The fourth-order valence-corrected chi connectivity index (χ4v) is 2.14. The van der Waals surface area contributed by atoms with E-state index in [1.54, 1.807) is 0 Å². The molecule has 2 aromatic rings. The van der Waals surface area contributed by atoms with Gasteiger partial charge in [0, 0.05) is 0 Å². The fraction of sp³-hybridized carbons (Fsp3) is 0.235. The molecule has 0 N–H and O–H groups in total. The van der Waals surface area contributed by atoms with Crippen LogP contribution >= 0.6 is 0 Å². The molecule has 0 aliphatic carbocycles. The third kappa shape index (κ3) is 3.35. The molecule has 0 heterocycles. The summed E-state index contributed by atoms with van der Waals surface area (Å²) >= 11 is 0. The molecule has 0 amide bonds. The van der Waals surface area contributed by atoms with Crippen molar-refractivity contribution in [1.82, 2.24) is 0 Å². The summed E-state index contributed by atoms with van der Waals surface area (Å²) in [5.41, 5.74) is 4.49. The van der Waals surface area contributed by atoms with E-state index in [0.717, 1.165) is 28.0 Å². The van der Waals surface area contributed by atoms with Gasteiger partial charge in [-0.05, 0) is 48.2 Å². The maximum atomic E-state index is 8.81. The Morgan fingerprint density at radius 2 is 1.68 bits per heavy atom. The summed E-state index contributed by atoms with van der Waals surface area (Å²) in [5.74, 6) is 0.862. The van der Waals surface area contributed by atoms with E-state index in [-0.39, 0.29) is 0 Å². The predicted molar refractivity (Wildman–Crippen MR) is 76.0 cm³/mol. The first-order valence-corrected chi connectivity index (χ1v) is 6.34. The lowest BCUT2D eigenvalue weighted by Gasteiger charge is -2.11. The van der Waals surface area contributed by atoms with Crippen LogP contribution in [0.4, 0.5) is 0 Å². The molecule has 0 aromatic heterocycles. The van der Waals surface area contributed by atoms with Crippen molar-refractivity contribution in [3.63, 3.8) is 0 Å². The van der Waals surface area contributed by atoms with Crippen LogP contribution in [-0.4, -0.2) is 0 Å². The maximum absolute atomic E-state index is 8.81. The fourth-order valence-electron chi connectivity index (χ4n) is 2.14. The van der Waals surface area contributed by atoms with Crippen LogP contribution in [0, 0.1) is 25.2 Å². The summed E-state index contributed by atoms with van der Waals surface area (Å²) in [6.07, 6.45) is 0.455. The molecule has 0 fully saturated rings. The zero-order valence-electron chi connectivity index (χ0n) is 11.3. The molecule has 2 aromatic carbocycles. The van der Waals surface area contributed by atoms with E-state index in [1.807, 2.05) is 56.3 Å². The highest BCUT2D eigenvalue weighted by molar-refractivity contribution is 5.42. The Morgan fingerprint density at radius 3 is 2.26 bits per heavy atom. The van der Waals surface area contributed by atoms with Crippen molar-refractivity contribution in [2.75, 3.05) is 0 Å². The van der Waals surface area contributed by atoms with E-state index in [1.165, 1.54) is 0 Å². The standard InChI is InChI=1S/C17H17NO/c1-13-10-16(11-14(2)17(13)8-9-18)19-12-15-6-4-3-5-7-15/h3-7,10-11H,8,12H2,1-2H3. The zero-order valence-corrected chi connectivity index (χ0v) is 11.3. The van der Waals surface area contributed by atoms with Crippen LogP contribution in [0.3, 0.4) is 0 Å². The molecular formula is C17H17NO. The molecule has 0 saturated carbocycles. The Kier molecular flexibility index (Phi) is 4.20. The van der Waals surface area contributed by atoms with Gasteiger partial charge >= 0.3 is 0 Å². The Bertz CT molecular complexity index is 573. The van der Waals surface area contributed by atoms with Gasteiger partial charge in [0.05, 0.1) is 12.5 Å². The number of benzene rings is 2. The molecule has 0 aliphatic heterocycles. The van der Waals surface area contributed by atoms with Crippen molar-refractivity contribution >= 4 is 0 Å². The highest BCUT2D eigenvalue weighted by Crippen LogP contribution is 2.23. The second kappa shape index (κ2) is 6.06. The van der Waals surface area contributed by atoms with Crippen LogP contribution in [0.2, 0.25) is 0 Å². The number of nitriles is 1. The summed E-state index contributed by atoms with van der Waals surface area (Å²) in [5, 5.41) is 8.81. The Hall–Kier alpha value is -2.27. The number of ether oxygens (including phenoxy) is 1. The lowest BCUT2D eigenvalue weighted by Crippen LogP contribution is -1.98. The molecule has 0 aliphatic rings. The first kappa shape index (κ1) is 13.2.